The highest BCUT2D eigenvalue weighted by Crippen LogP contribution is 2.29. The van der Waals surface area contributed by atoms with Gasteiger partial charge in [0.05, 0.1) is 16.8 Å². The number of aryl methyl sites for hydroxylation is 1. The van der Waals surface area contributed by atoms with Crippen molar-refractivity contribution in [2.45, 2.75) is 6.92 Å². The number of carbonyl (C=O) groups excluding carboxylic acids is 2. The summed E-state index contributed by atoms with van der Waals surface area (Å²) >= 11 is 5.14. The third-order valence-corrected chi connectivity index (χ3v) is 5.42. The number of carbonyl (C=O) groups is 4. The standard InChI is InChI=1S/C24H16N2O7S/c1-12-2-3-14(23(31)32)10-17(12)19-9-8-16(33-19)11-18-20(27)25-24(34)26(21(18)28)15-6-4-13(5-7-15)22(29)30/h2-11H,1H3,(H,29,30)(H,31,32)(H,25,27,34). The number of nitrogens with one attached hydrogen (secondary N) is 1. The maximum Gasteiger partial charge on any atom is 0.335 e. The van der Waals surface area contributed by atoms with Crippen LogP contribution in [-0.4, -0.2) is 39.1 Å². The van der Waals surface area contributed by atoms with Crippen molar-refractivity contribution in [2.75, 3.05) is 4.90 Å². The molecule has 0 radical (unpaired) electrons. The smallest absolute Gasteiger partial charge is 0.335 e. The lowest BCUT2D eigenvalue weighted by Gasteiger charge is -2.28. The number of benzene rings is 2. The fraction of sp³-hybridized carbons (Fsp3) is 0.0417. The molecule has 170 valence electrons. The molecule has 0 bridgehead atoms. The molecule has 1 saturated heterocycles. The van der Waals surface area contributed by atoms with E-state index in [-0.39, 0.29) is 33.3 Å². The van der Waals surface area contributed by atoms with E-state index >= 15 is 0 Å². The molecule has 0 saturated carbocycles. The van der Waals surface area contributed by atoms with Crippen molar-refractivity contribution < 1.29 is 33.8 Å². The zero-order chi connectivity index (χ0) is 24.6. The second-order valence-electron chi connectivity index (χ2n) is 7.35. The molecule has 1 fully saturated rings. The van der Waals surface area contributed by atoms with Crippen molar-refractivity contribution in [3.8, 4) is 11.3 Å². The molecule has 10 heteroatoms. The summed E-state index contributed by atoms with van der Waals surface area (Å²) in [5.41, 5.74) is 1.51. The van der Waals surface area contributed by atoms with Gasteiger partial charge < -0.3 is 14.6 Å². The second kappa shape index (κ2) is 8.75. The highest BCUT2D eigenvalue weighted by molar-refractivity contribution is 7.80. The van der Waals surface area contributed by atoms with Crippen molar-refractivity contribution in [2.24, 2.45) is 0 Å². The minimum atomic E-state index is -1.12. The molecule has 9 nitrogen and oxygen atoms in total. The van der Waals surface area contributed by atoms with Gasteiger partial charge in [0.25, 0.3) is 11.8 Å². The van der Waals surface area contributed by atoms with Gasteiger partial charge >= 0.3 is 11.9 Å². The summed E-state index contributed by atoms with van der Waals surface area (Å²) in [6, 6.07) is 13.2. The number of amides is 2. The normalized spacial score (nSPS) is 14.9. The van der Waals surface area contributed by atoms with Crippen LogP contribution < -0.4 is 10.2 Å². The van der Waals surface area contributed by atoms with Gasteiger partial charge in [-0.25, -0.2) is 9.59 Å². The van der Waals surface area contributed by atoms with E-state index < -0.39 is 23.8 Å². The highest BCUT2D eigenvalue weighted by atomic mass is 32.1. The Balaban J connectivity index is 1.67. The lowest BCUT2D eigenvalue weighted by atomic mass is 10.0. The van der Waals surface area contributed by atoms with E-state index in [1.165, 1.54) is 42.5 Å². The zero-order valence-corrected chi connectivity index (χ0v) is 18.4. The van der Waals surface area contributed by atoms with Crippen LogP contribution in [0.15, 0.2) is 64.6 Å². The van der Waals surface area contributed by atoms with Crippen LogP contribution in [0.4, 0.5) is 5.69 Å². The fourth-order valence-corrected chi connectivity index (χ4v) is 3.66. The Kier molecular flexibility index (Phi) is 5.82. The van der Waals surface area contributed by atoms with Gasteiger partial charge in [-0.3, -0.25) is 19.8 Å². The number of aromatic carboxylic acids is 2. The topological polar surface area (TPSA) is 137 Å². The van der Waals surface area contributed by atoms with E-state index in [1.807, 2.05) is 0 Å². The van der Waals surface area contributed by atoms with Crippen molar-refractivity contribution in [3.63, 3.8) is 0 Å². The van der Waals surface area contributed by atoms with Gasteiger partial charge in [-0.1, -0.05) is 6.07 Å². The summed E-state index contributed by atoms with van der Waals surface area (Å²) < 4.78 is 5.78. The van der Waals surface area contributed by atoms with Crippen molar-refractivity contribution in [1.29, 1.82) is 0 Å². The predicted octanol–water partition coefficient (Wildman–Crippen LogP) is 3.48. The van der Waals surface area contributed by atoms with E-state index in [4.69, 9.17) is 21.7 Å². The van der Waals surface area contributed by atoms with Crippen LogP contribution in [0.1, 0.15) is 32.0 Å². The number of furan rings is 1. The molecule has 2 amide bonds. The number of hydrogen-bond donors (Lipinski definition) is 3. The SMILES string of the molecule is Cc1ccc(C(=O)O)cc1-c1ccc(C=C2C(=O)NC(=S)N(c3ccc(C(=O)O)cc3)C2=O)o1. The molecule has 2 heterocycles. The molecule has 0 spiro atoms. The molecule has 3 aromatic rings. The van der Waals surface area contributed by atoms with E-state index in [2.05, 4.69) is 5.32 Å². The van der Waals surface area contributed by atoms with Crippen molar-refractivity contribution >= 4 is 52.8 Å². The number of thiocarbonyl (C=S) groups is 1. The molecule has 1 aliphatic heterocycles. The number of hydrogen-bond acceptors (Lipinski definition) is 6. The van der Waals surface area contributed by atoms with E-state index in [0.29, 0.717) is 11.3 Å². The van der Waals surface area contributed by atoms with Gasteiger partial charge in [-0.2, -0.15) is 0 Å². The molecule has 0 aliphatic carbocycles. The van der Waals surface area contributed by atoms with Gasteiger partial charge in [0.15, 0.2) is 5.11 Å². The van der Waals surface area contributed by atoms with Crippen LogP contribution in [0.25, 0.3) is 17.4 Å². The number of rotatable bonds is 5. The number of anilines is 1. The Morgan fingerprint density at radius 1 is 0.971 bits per heavy atom. The average Bonchev–Trinajstić information content (AvgIpc) is 3.25. The van der Waals surface area contributed by atoms with E-state index in [9.17, 15) is 24.3 Å². The molecule has 3 N–H and O–H groups in total. The van der Waals surface area contributed by atoms with Gasteiger partial charge in [0.1, 0.15) is 17.1 Å². The first-order valence-electron chi connectivity index (χ1n) is 9.84. The lowest BCUT2D eigenvalue weighted by Crippen LogP contribution is -2.54. The Morgan fingerprint density at radius 2 is 1.62 bits per heavy atom. The van der Waals surface area contributed by atoms with Crippen molar-refractivity contribution in [1.82, 2.24) is 5.32 Å². The highest BCUT2D eigenvalue weighted by Gasteiger charge is 2.34. The van der Waals surface area contributed by atoms with E-state index in [0.717, 1.165) is 10.5 Å². The minimum Gasteiger partial charge on any atom is -0.478 e. The van der Waals surface area contributed by atoms with Crippen LogP contribution >= 0.6 is 12.2 Å². The van der Waals surface area contributed by atoms with Crippen molar-refractivity contribution in [3.05, 3.63) is 82.6 Å². The number of nitrogens with zero attached hydrogens (tertiary/aromatic N) is 1. The van der Waals surface area contributed by atoms with Crippen LogP contribution in [0.5, 0.6) is 0 Å². The predicted molar refractivity (Wildman–Crippen MR) is 125 cm³/mol. The Morgan fingerprint density at radius 3 is 2.26 bits per heavy atom. The van der Waals surface area contributed by atoms with Gasteiger partial charge in [-0.05, 0) is 79.3 Å². The Bertz CT molecular complexity index is 1400. The maximum atomic E-state index is 13.1. The summed E-state index contributed by atoms with van der Waals surface area (Å²) in [6.45, 7) is 1.80. The zero-order valence-electron chi connectivity index (χ0n) is 17.6. The average molecular weight is 476 g/mol. The molecule has 1 aliphatic rings. The lowest BCUT2D eigenvalue weighted by molar-refractivity contribution is -0.122. The number of carboxylic acids is 2. The quantitative estimate of drug-likeness (QED) is 0.289. The molecular weight excluding hydrogens is 460 g/mol. The first-order chi connectivity index (χ1) is 16.2. The van der Waals surface area contributed by atoms with Crippen LogP contribution in [-0.2, 0) is 9.59 Å². The summed E-state index contributed by atoms with van der Waals surface area (Å²) in [7, 11) is 0. The van der Waals surface area contributed by atoms with Gasteiger partial charge in [0, 0.05) is 5.56 Å². The number of carboxylic acid groups (broad SMARTS) is 2. The Hall–Kier alpha value is -4.57. The second-order valence-corrected chi connectivity index (χ2v) is 7.73. The van der Waals surface area contributed by atoms with Gasteiger partial charge in [-0.15, -0.1) is 0 Å². The van der Waals surface area contributed by atoms with Gasteiger partial charge in [0.2, 0.25) is 0 Å². The minimum absolute atomic E-state index is 0.0318. The fourth-order valence-electron chi connectivity index (χ4n) is 3.38. The molecule has 1 aromatic heterocycles. The van der Waals surface area contributed by atoms with Crippen LogP contribution in [0, 0.1) is 6.92 Å². The first-order valence-corrected chi connectivity index (χ1v) is 10.3. The summed E-state index contributed by atoms with van der Waals surface area (Å²) in [5, 5.41) is 20.6. The molecule has 0 unspecified atom stereocenters. The van der Waals surface area contributed by atoms with Crippen LogP contribution in [0.3, 0.4) is 0 Å². The largest absolute Gasteiger partial charge is 0.478 e. The van der Waals surface area contributed by atoms with Crippen LogP contribution in [0.2, 0.25) is 0 Å². The summed E-state index contributed by atoms with van der Waals surface area (Å²) in [5.74, 6) is -3.05. The molecule has 2 aromatic carbocycles. The molecule has 34 heavy (non-hydrogen) atoms. The molecular formula is C24H16N2O7S. The molecule has 0 atom stereocenters. The monoisotopic (exact) mass is 476 g/mol. The Labute approximate surface area is 197 Å². The third-order valence-electron chi connectivity index (χ3n) is 5.14. The first kappa shape index (κ1) is 22.6. The maximum absolute atomic E-state index is 13.1. The van der Waals surface area contributed by atoms with E-state index in [1.54, 1.807) is 25.1 Å². The molecule has 4 rings (SSSR count). The third kappa shape index (κ3) is 4.21. The summed E-state index contributed by atoms with van der Waals surface area (Å²) in [4.78, 5) is 49.1. The summed E-state index contributed by atoms with van der Waals surface area (Å²) in [6.07, 6.45) is 1.26.